The summed E-state index contributed by atoms with van der Waals surface area (Å²) in [5.41, 5.74) is 0. The Labute approximate surface area is 108 Å². The van der Waals surface area contributed by atoms with E-state index in [0.717, 1.165) is 36.9 Å². The maximum absolute atomic E-state index is 4.36. The van der Waals surface area contributed by atoms with Crippen LogP contribution in [-0.4, -0.2) is 24.5 Å². The molecule has 96 valence electrons. The number of nitrogens with one attached hydrogen (secondary N) is 2. The molecule has 0 radical (unpaired) electrons. The largest absolute Gasteiger partial charge is 0.356 e. The van der Waals surface area contributed by atoms with Crippen LogP contribution in [0.1, 0.15) is 36.6 Å². The standard InChI is InChI=1S/C12H22N4S/c1-4-6-7-14-12(13-3)16-9-11-15-8-10(5-2)17-11/h8H,4-7,9H2,1-3H3,(H2,13,14,16). The molecule has 0 fully saturated rings. The van der Waals surface area contributed by atoms with E-state index in [0.29, 0.717) is 0 Å². The molecule has 1 aromatic rings. The average Bonchev–Trinajstić information content (AvgIpc) is 2.81. The van der Waals surface area contributed by atoms with Crippen LogP contribution in [0.15, 0.2) is 11.2 Å². The second-order valence-electron chi connectivity index (χ2n) is 3.78. The van der Waals surface area contributed by atoms with Gasteiger partial charge in [-0.25, -0.2) is 4.98 Å². The smallest absolute Gasteiger partial charge is 0.191 e. The highest BCUT2D eigenvalue weighted by molar-refractivity contribution is 7.11. The number of hydrogen-bond acceptors (Lipinski definition) is 3. The van der Waals surface area contributed by atoms with Crippen molar-refractivity contribution in [1.82, 2.24) is 15.6 Å². The molecule has 17 heavy (non-hydrogen) atoms. The number of guanidine groups is 1. The van der Waals surface area contributed by atoms with Crippen molar-refractivity contribution in [3.63, 3.8) is 0 Å². The monoisotopic (exact) mass is 254 g/mol. The highest BCUT2D eigenvalue weighted by atomic mass is 32.1. The van der Waals surface area contributed by atoms with Crippen LogP contribution >= 0.6 is 11.3 Å². The fourth-order valence-corrected chi connectivity index (χ4v) is 2.16. The summed E-state index contributed by atoms with van der Waals surface area (Å²) in [4.78, 5) is 9.87. The van der Waals surface area contributed by atoms with Crippen LogP contribution in [0.25, 0.3) is 0 Å². The van der Waals surface area contributed by atoms with Gasteiger partial charge in [0.2, 0.25) is 0 Å². The lowest BCUT2D eigenvalue weighted by atomic mass is 10.3. The molecule has 2 N–H and O–H groups in total. The van der Waals surface area contributed by atoms with Crippen molar-refractivity contribution in [3.8, 4) is 0 Å². The van der Waals surface area contributed by atoms with Gasteiger partial charge in [-0.05, 0) is 12.8 Å². The first-order valence-corrected chi connectivity index (χ1v) is 6.99. The van der Waals surface area contributed by atoms with Crippen molar-refractivity contribution < 1.29 is 0 Å². The number of aliphatic imine (C=N–C) groups is 1. The van der Waals surface area contributed by atoms with Crippen LogP contribution in [0.3, 0.4) is 0 Å². The summed E-state index contributed by atoms with van der Waals surface area (Å²) < 4.78 is 0. The van der Waals surface area contributed by atoms with Crippen LogP contribution in [0.4, 0.5) is 0 Å². The molecule has 0 saturated carbocycles. The van der Waals surface area contributed by atoms with E-state index in [9.17, 15) is 0 Å². The van der Waals surface area contributed by atoms with Crippen LogP contribution < -0.4 is 10.6 Å². The molecule has 1 rings (SSSR count). The van der Waals surface area contributed by atoms with E-state index in [1.807, 2.05) is 6.20 Å². The Balaban J connectivity index is 2.32. The van der Waals surface area contributed by atoms with E-state index in [-0.39, 0.29) is 0 Å². The van der Waals surface area contributed by atoms with Crippen LogP contribution in [0.2, 0.25) is 0 Å². The summed E-state index contributed by atoms with van der Waals surface area (Å²) >= 11 is 1.76. The molecular weight excluding hydrogens is 232 g/mol. The fraction of sp³-hybridized carbons (Fsp3) is 0.667. The van der Waals surface area contributed by atoms with Gasteiger partial charge in [0, 0.05) is 24.7 Å². The molecule has 5 heteroatoms. The molecule has 4 nitrogen and oxygen atoms in total. The maximum atomic E-state index is 4.36. The zero-order valence-electron chi connectivity index (χ0n) is 10.9. The van der Waals surface area contributed by atoms with Crippen LogP contribution in [0.5, 0.6) is 0 Å². The van der Waals surface area contributed by atoms with E-state index in [1.54, 1.807) is 18.4 Å². The molecule has 1 heterocycles. The molecule has 0 aliphatic carbocycles. The van der Waals surface area contributed by atoms with E-state index < -0.39 is 0 Å². The maximum Gasteiger partial charge on any atom is 0.191 e. The lowest BCUT2D eigenvalue weighted by Gasteiger charge is -2.09. The van der Waals surface area contributed by atoms with Gasteiger partial charge in [0.15, 0.2) is 5.96 Å². The van der Waals surface area contributed by atoms with Gasteiger partial charge in [0.05, 0.1) is 6.54 Å². The summed E-state index contributed by atoms with van der Waals surface area (Å²) in [7, 11) is 1.79. The van der Waals surface area contributed by atoms with Crippen LogP contribution in [0, 0.1) is 0 Å². The van der Waals surface area contributed by atoms with Gasteiger partial charge in [-0.15, -0.1) is 11.3 Å². The fourth-order valence-electron chi connectivity index (χ4n) is 1.36. The molecular formula is C12H22N4S. The molecule has 0 aliphatic rings. The topological polar surface area (TPSA) is 49.3 Å². The molecule has 1 aromatic heterocycles. The lowest BCUT2D eigenvalue weighted by Crippen LogP contribution is -2.37. The Bertz CT molecular complexity index is 346. The quantitative estimate of drug-likeness (QED) is 0.465. The van der Waals surface area contributed by atoms with E-state index in [4.69, 9.17) is 0 Å². The normalized spacial score (nSPS) is 11.6. The minimum Gasteiger partial charge on any atom is -0.356 e. The third-order valence-electron chi connectivity index (χ3n) is 2.40. The minimum absolute atomic E-state index is 0.746. The molecule has 0 aliphatic heterocycles. The predicted octanol–water partition coefficient (Wildman–Crippen LogP) is 2.17. The van der Waals surface area contributed by atoms with E-state index in [2.05, 4.69) is 34.5 Å². The summed E-state index contributed by atoms with van der Waals surface area (Å²) in [6, 6.07) is 0. The number of thiazole rings is 1. The summed E-state index contributed by atoms with van der Waals surface area (Å²) in [5.74, 6) is 0.853. The number of unbranched alkanes of at least 4 members (excludes halogenated alkanes) is 1. The Morgan fingerprint density at radius 3 is 2.82 bits per heavy atom. The number of nitrogens with zero attached hydrogens (tertiary/aromatic N) is 2. The van der Waals surface area contributed by atoms with Crippen molar-refractivity contribution in [3.05, 3.63) is 16.1 Å². The highest BCUT2D eigenvalue weighted by Gasteiger charge is 2.01. The third-order valence-corrected chi connectivity index (χ3v) is 3.54. The lowest BCUT2D eigenvalue weighted by molar-refractivity contribution is 0.728. The molecule has 0 spiro atoms. The Kier molecular flexibility index (Phi) is 6.62. The number of aromatic nitrogens is 1. The number of aryl methyl sites for hydroxylation is 1. The van der Waals surface area contributed by atoms with Gasteiger partial charge in [0.1, 0.15) is 5.01 Å². The summed E-state index contributed by atoms with van der Waals surface area (Å²) in [6.45, 7) is 6.04. The third kappa shape index (κ3) is 5.17. The van der Waals surface area contributed by atoms with Crippen molar-refractivity contribution in [2.45, 2.75) is 39.7 Å². The Hall–Kier alpha value is -1.10. The first-order valence-electron chi connectivity index (χ1n) is 6.18. The highest BCUT2D eigenvalue weighted by Crippen LogP contribution is 2.12. The molecule has 0 amide bonds. The molecule has 0 atom stereocenters. The number of rotatable bonds is 6. The SMILES string of the molecule is CCCCNC(=NC)NCc1ncc(CC)s1. The van der Waals surface area contributed by atoms with Crippen LogP contribution in [-0.2, 0) is 13.0 Å². The molecule has 0 saturated heterocycles. The van der Waals surface area contributed by atoms with E-state index >= 15 is 0 Å². The van der Waals surface area contributed by atoms with Gasteiger partial charge in [-0.1, -0.05) is 20.3 Å². The minimum atomic E-state index is 0.746. The van der Waals surface area contributed by atoms with Gasteiger partial charge in [0.25, 0.3) is 0 Å². The van der Waals surface area contributed by atoms with E-state index in [1.165, 1.54) is 11.3 Å². The first kappa shape index (κ1) is 14.0. The molecule has 0 bridgehead atoms. The first-order chi connectivity index (χ1) is 8.30. The Morgan fingerprint density at radius 2 is 2.24 bits per heavy atom. The molecule has 0 unspecified atom stereocenters. The summed E-state index contributed by atoms with van der Waals surface area (Å²) in [6.07, 6.45) is 5.37. The van der Waals surface area contributed by atoms with Gasteiger partial charge in [-0.3, -0.25) is 4.99 Å². The molecule has 0 aromatic carbocycles. The summed E-state index contributed by atoms with van der Waals surface area (Å²) in [5, 5.41) is 7.66. The predicted molar refractivity (Wildman–Crippen MR) is 74.6 cm³/mol. The van der Waals surface area contributed by atoms with Gasteiger partial charge in [-0.2, -0.15) is 0 Å². The zero-order valence-corrected chi connectivity index (χ0v) is 11.7. The Morgan fingerprint density at radius 1 is 1.41 bits per heavy atom. The average molecular weight is 254 g/mol. The second kappa shape index (κ2) is 8.06. The van der Waals surface area contributed by atoms with Gasteiger partial charge >= 0.3 is 0 Å². The van der Waals surface area contributed by atoms with Crippen molar-refractivity contribution >= 4 is 17.3 Å². The van der Waals surface area contributed by atoms with Gasteiger partial charge < -0.3 is 10.6 Å². The zero-order chi connectivity index (χ0) is 12.5. The van der Waals surface area contributed by atoms with Crippen molar-refractivity contribution in [1.29, 1.82) is 0 Å². The van der Waals surface area contributed by atoms with Crippen molar-refractivity contribution in [2.75, 3.05) is 13.6 Å². The second-order valence-corrected chi connectivity index (χ2v) is 4.98. The van der Waals surface area contributed by atoms with Crippen molar-refractivity contribution in [2.24, 2.45) is 4.99 Å². The number of hydrogen-bond donors (Lipinski definition) is 2.